The number of likely N-dealkylation sites (tertiary alicyclic amines) is 1. The smallest absolute Gasteiger partial charge is 0.253 e. The third-order valence-corrected chi connectivity index (χ3v) is 5.36. The van der Waals surface area contributed by atoms with E-state index in [1.165, 1.54) is 0 Å². The fourth-order valence-electron chi connectivity index (χ4n) is 3.10. The molecule has 5 nitrogen and oxygen atoms in total. The Bertz CT molecular complexity index is 806. The fraction of sp³-hybridized carbons (Fsp3) is 0.300. The Morgan fingerprint density at radius 3 is 2.41 bits per heavy atom. The Morgan fingerprint density at radius 2 is 1.70 bits per heavy atom. The van der Waals surface area contributed by atoms with Crippen LogP contribution in [0.1, 0.15) is 23.2 Å². The fourth-order valence-corrected chi connectivity index (χ4v) is 3.49. The van der Waals surface area contributed by atoms with Gasteiger partial charge in [-0.15, -0.1) is 0 Å². The summed E-state index contributed by atoms with van der Waals surface area (Å²) in [4.78, 5) is 26.7. The zero-order valence-electron chi connectivity index (χ0n) is 14.8. The summed E-state index contributed by atoms with van der Waals surface area (Å²) in [7, 11) is 0. The third-order valence-electron chi connectivity index (χ3n) is 4.54. The lowest BCUT2D eigenvalue weighted by Gasteiger charge is -2.31. The van der Waals surface area contributed by atoms with E-state index in [1.807, 2.05) is 30.3 Å². The van der Waals surface area contributed by atoms with Crippen molar-refractivity contribution in [3.63, 3.8) is 0 Å². The number of carbonyl (C=O) groups excluding carboxylic acids is 2. The zero-order valence-corrected chi connectivity index (χ0v) is 16.3. The largest absolute Gasteiger partial charge is 0.349 e. The minimum absolute atomic E-state index is 0.0330. The molecule has 3 rings (SSSR count). The summed E-state index contributed by atoms with van der Waals surface area (Å²) >= 11 is 12.1. The second-order valence-corrected chi connectivity index (χ2v) is 7.32. The van der Waals surface area contributed by atoms with Gasteiger partial charge < -0.3 is 10.6 Å². The summed E-state index contributed by atoms with van der Waals surface area (Å²) < 4.78 is 0. The van der Waals surface area contributed by atoms with Crippen LogP contribution in [0.25, 0.3) is 0 Å². The van der Waals surface area contributed by atoms with Crippen molar-refractivity contribution in [2.75, 3.05) is 25.0 Å². The molecule has 0 spiro atoms. The number of benzene rings is 2. The molecule has 142 valence electrons. The average Bonchev–Trinajstić information content (AvgIpc) is 2.66. The molecule has 2 aromatic carbocycles. The summed E-state index contributed by atoms with van der Waals surface area (Å²) in [6.07, 6.45) is 1.56. The van der Waals surface area contributed by atoms with Crippen LogP contribution in [-0.4, -0.2) is 42.4 Å². The zero-order chi connectivity index (χ0) is 19.2. The van der Waals surface area contributed by atoms with Crippen molar-refractivity contribution in [2.24, 2.45) is 0 Å². The van der Waals surface area contributed by atoms with Crippen molar-refractivity contribution in [1.82, 2.24) is 10.2 Å². The summed E-state index contributed by atoms with van der Waals surface area (Å²) in [5, 5.41) is 6.53. The molecular weight excluding hydrogens is 385 g/mol. The topological polar surface area (TPSA) is 61.4 Å². The molecule has 1 aliphatic rings. The highest BCUT2D eigenvalue weighted by molar-refractivity contribution is 6.43. The molecule has 7 heteroatoms. The van der Waals surface area contributed by atoms with Gasteiger partial charge in [-0.25, -0.2) is 0 Å². The van der Waals surface area contributed by atoms with Gasteiger partial charge in [0.2, 0.25) is 5.91 Å². The lowest BCUT2D eigenvalue weighted by atomic mass is 10.0. The van der Waals surface area contributed by atoms with Gasteiger partial charge in [-0.1, -0.05) is 47.5 Å². The molecule has 0 aliphatic carbocycles. The highest BCUT2D eigenvalue weighted by Gasteiger charge is 2.23. The number of nitrogens with zero attached hydrogens (tertiary/aromatic N) is 1. The predicted octanol–water partition coefficient (Wildman–Crippen LogP) is 3.83. The van der Waals surface area contributed by atoms with Gasteiger partial charge in [0.05, 0.1) is 22.2 Å². The molecule has 27 heavy (non-hydrogen) atoms. The summed E-state index contributed by atoms with van der Waals surface area (Å²) in [6, 6.07) is 14.5. The van der Waals surface area contributed by atoms with Crippen molar-refractivity contribution in [3.05, 3.63) is 64.1 Å². The predicted molar refractivity (Wildman–Crippen MR) is 108 cm³/mol. The van der Waals surface area contributed by atoms with E-state index in [2.05, 4.69) is 15.5 Å². The Kier molecular flexibility index (Phi) is 6.72. The Labute approximate surface area is 168 Å². The molecule has 1 heterocycles. The Morgan fingerprint density at radius 1 is 1.00 bits per heavy atom. The van der Waals surface area contributed by atoms with Crippen LogP contribution >= 0.6 is 23.2 Å². The van der Waals surface area contributed by atoms with Gasteiger partial charge in [0.25, 0.3) is 5.91 Å². The van der Waals surface area contributed by atoms with Crippen LogP contribution in [0, 0.1) is 0 Å². The first-order valence-electron chi connectivity index (χ1n) is 8.85. The monoisotopic (exact) mass is 405 g/mol. The van der Waals surface area contributed by atoms with Crippen molar-refractivity contribution >= 4 is 40.7 Å². The number of piperidine rings is 1. The van der Waals surface area contributed by atoms with E-state index < -0.39 is 0 Å². The van der Waals surface area contributed by atoms with Crippen LogP contribution in [-0.2, 0) is 4.79 Å². The van der Waals surface area contributed by atoms with Crippen LogP contribution < -0.4 is 10.6 Å². The first kappa shape index (κ1) is 19.7. The molecule has 0 unspecified atom stereocenters. The normalized spacial score (nSPS) is 15.3. The van der Waals surface area contributed by atoms with Gasteiger partial charge in [-0.3, -0.25) is 14.5 Å². The Hall–Kier alpha value is -2.08. The molecule has 0 radical (unpaired) electrons. The van der Waals surface area contributed by atoms with Crippen molar-refractivity contribution in [1.29, 1.82) is 0 Å². The first-order valence-corrected chi connectivity index (χ1v) is 9.60. The SMILES string of the molecule is O=C(CN1CCC(NC(=O)c2cccc(Cl)c2Cl)CC1)Nc1ccccc1. The summed E-state index contributed by atoms with van der Waals surface area (Å²) in [5.74, 6) is -0.253. The van der Waals surface area contributed by atoms with E-state index in [4.69, 9.17) is 23.2 Å². The molecule has 1 aliphatic heterocycles. The summed E-state index contributed by atoms with van der Waals surface area (Å²) in [6.45, 7) is 1.84. The Balaban J connectivity index is 1.45. The maximum atomic E-state index is 12.4. The third kappa shape index (κ3) is 5.45. The number of para-hydroxylation sites is 1. The minimum atomic E-state index is -0.220. The number of halogens is 2. The van der Waals surface area contributed by atoms with Crippen molar-refractivity contribution in [3.8, 4) is 0 Å². The lowest BCUT2D eigenvalue weighted by Crippen LogP contribution is -2.46. The van der Waals surface area contributed by atoms with Crippen LogP contribution in [0.5, 0.6) is 0 Å². The molecule has 2 aromatic rings. The van der Waals surface area contributed by atoms with Gasteiger partial charge in [0.15, 0.2) is 0 Å². The van der Waals surface area contributed by atoms with E-state index in [1.54, 1.807) is 18.2 Å². The quantitative estimate of drug-likeness (QED) is 0.794. The van der Waals surface area contributed by atoms with E-state index in [-0.39, 0.29) is 22.9 Å². The molecule has 1 saturated heterocycles. The molecule has 2 amide bonds. The highest BCUT2D eigenvalue weighted by Crippen LogP contribution is 2.25. The number of amides is 2. The molecule has 1 fully saturated rings. The number of carbonyl (C=O) groups is 2. The van der Waals surface area contributed by atoms with Crippen LogP contribution in [0.15, 0.2) is 48.5 Å². The second kappa shape index (κ2) is 9.22. The van der Waals surface area contributed by atoms with Gasteiger partial charge in [-0.2, -0.15) is 0 Å². The number of hydrogen-bond donors (Lipinski definition) is 2. The number of nitrogens with one attached hydrogen (secondary N) is 2. The lowest BCUT2D eigenvalue weighted by molar-refractivity contribution is -0.117. The van der Waals surface area contributed by atoms with Crippen LogP contribution in [0.2, 0.25) is 10.0 Å². The van der Waals surface area contributed by atoms with Gasteiger partial charge in [-0.05, 0) is 37.1 Å². The highest BCUT2D eigenvalue weighted by atomic mass is 35.5. The summed E-state index contributed by atoms with van der Waals surface area (Å²) in [5.41, 5.74) is 1.18. The molecule has 0 bridgehead atoms. The molecular formula is C20H21Cl2N3O2. The second-order valence-electron chi connectivity index (χ2n) is 6.54. The molecule has 0 saturated carbocycles. The van der Waals surface area contributed by atoms with E-state index in [0.29, 0.717) is 17.1 Å². The van der Waals surface area contributed by atoms with E-state index in [0.717, 1.165) is 31.6 Å². The average molecular weight is 406 g/mol. The van der Waals surface area contributed by atoms with E-state index >= 15 is 0 Å². The van der Waals surface area contributed by atoms with Crippen molar-refractivity contribution < 1.29 is 9.59 Å². The molecule has 0 aromatic heterocycles. The van der Waals surface area contributed by atoms with Crippen LogP contribution in [0.4, 0.5) is 5.69 Å². The minimum Gasteiger partial charge on any atom is -0.349 e. The molecule has 2 N–H and O–H groups in total. The standard InChI is InChI=1S/C20H21Cl2N3O2/c21-17-8-4-7-16(19(17)22)20(27)24-15-9-11-25(12-10-15)13-18(26)23-14-5-2-1-3-6-14/h1-8,15H,9-13H2,(H,23,26)(H,24,27). The van der Waals surface area contributed by atoms with Crippen LogP contribution in [0.3, 0.4) is 0 Å². The van der Waals surface area contributed by atoms with Crippen molar-refractivity contribution in [2.45, 2.75) is 18.9 Å². The maximum Gasteiger partial charge on any atom is 0.253 e. The van der Waals surface area contributed by atoms with Gasteiger partial charge >= 0.3 is 0 Å². The van der Waals surface area contributed by atoms with Gasteiger partial charge in [0, 0.05) is 24.8 Å². The molecule has 0 atom stereocenters. The maximum absolute atomic E-state index is 12.4. The number of hydrogen-bond acceptors (Lipinski definition) is 3. The first-order chi connectivity index (χ1) is 13.0. The number of rotatable bonds is 5. The van der Waals surface area contributed by atoms with E-state index in [9.17, 15) is 9.59 Å². The number of anilines is 1. The van der Waals surface area contributed by atoms with Gasteiger partial charge in [0.1, 0.15) is 0 Å².